The number of ether oxygens (including phenoxy) is 3. The summed E-state index contributed by atoms with van der Waals surface area (Å²) in [6.07, 6.45) is 0. The van der Waals surface area contributed by atoms with E-state index in [1.807, 2.05) is 19.0 Å². The van der Waals surface area contributed by atoms with Gasteiger partial charge in [-0.2, -0.15) is 0 Å². The van der Waals surface area contributed by atoms with Crippen LogP contribution in [-0.2, 0) is 0 Å². The summed E-state index contributed by atoms with van der Waals surface area (Å²) in [6.45, 7) is 0.986. The van der Waals surface area contributed by atoms with Crippen LogP contribution in [0.3, 0.4) is 0 Å². The number of hydrogen-bond acceptors (Lipinski definition) is 8. The van der Waals surface area contributed by atoms with Gasteiger partial charge in [-0.1, -0.05) is 0 Å². The summed E-state index contributed by atoms with van der Waals surface area (Å²) in [5, 5.41) is 22.4. The molecular formula is C21H22N2O7. The summed E-state index contributed by atoms with van der Waals surface area (Å²) in [7, 11) is 6.63. The summed E-state index contributed by atoms with van der Waals surface area (Å²) in [5.74, 6) is 0.0700. The second-order valence-electron chi connectivity index (χ2n) is 6.89. The third-order valence-corrected chi connectivity index (χ3v) is 4.73. The second-order valence-corrected chi connectivity index (χ2v) is 6.89. The molecule has 1 aliphatic rings. The van der Waals surface area contributed by atoms with E-state index in [2.05, 4.69) is 0 Å². The lowest BCUT2D eigenvalue weighted by molar-refractivity contribution is -0.385. The van der Waals surface area contributed by atoms with Crippen molar-refractivity contribution in [2.24, 2.45) is 0 Å². The van der Waals surface area contributed by atoms with Gasteiger partial charge < -0.3 is 24.2 Å². The number of methoxy groups -OCH3 is 2. The SMILES string of the molecule is COc1cc2c(cc1OC)C(O)=C(c1ccc(OCCN(C)C)cc1[N+](=O)[O-])C2=O. The predicted molar refractivity (Wildman–Crippen MR) is 110 cm³/mol. The average molecular weight is 414 g/mol. The molecule has 0 atom stereocenters. The molecular weight excluding hydrogens is 392 g/mol. The van der Waals surface area contributed by atoms with Gasteiger partial charge in [-0.25, -0.2) is 0 Å². The van der Waals surface area contributed by atoms with Gasteiger partial charge in [0.05, 0.1) is 36.3 Å². The first kappa shape index (κ1) is 21.1. The number of nitro benzene ring substituents is 1. The molecule has 9 heteroatoms. The van der Waals surface area contributed by atoms with Crippen LogP contribution in [0.1, 0.15) is 21.5 Å². The van der Waals surface area contributed by atoms with E-state index in [0.29, 0.717) is 30.4 Å². The van der Waals surface area contributed by atoms with Gasteiger partial charge in [0.2, 0.25) is 0 Å². The molecule has 2 aromatic rings. The number of likely N-dealkylation sites (N-methyl/N-ethyl adjacent to an activating group) is 1. The molecule has 0 spiro atoms. The third kappa shape index (κ3) is 3.79. The Labute approximate surface area is 173 Å². The molecule has 0 aromatic heterocycles. The zero-order valence-corrected chi connectivity index (χ0v) is 17.1. The summed E-state index contributed by atoms with van der Waals surface area (Å²) >= 11 is 0. The lowest BCUT2D eigenvalue weighted by Crippen LogP contribution is -2.19. The van der Waals surface area contributed by atoms with Gasteiger partial charge in [-0.3, -0.25) is 14.9 Å². The van der Waals surface area contributed by atoms with E-state index < -0.39 is 10.7 Å². The predicted octanol–water partition coefficient (Wildman–Crippen LogP) is 3.18. The second kappa shape index (κ2) is 8.42. The molecule has 1 aliphatic carbocycles. The molecule has 158 valence electrons. The van der Waals surface area contributed by atoms with E-state index in [4.69, 9.17) is 14.2 Å². The van der Waals surface area contributed by atoms with Crippen molar-refractivity contribution in [3.63, 3.8) is 0 Å². The molecule has 0 unspecified atom stereocenters. The molecule has 3 rings (SSSR count). The first-order valence-electron chi connectivity index (χ1n) is 9.09. The van der Waals surface area contributed by atoms with Crippen molar-refractivity contribution in [3.8, 4) is 17.2 Å². The van der Waals surface area contributed by atoms with Crippen molar-refractivity contribution >= 4 is 22.8 Å². The van der Waals surface area contributed by atoms with Crippen LogP contribution in [0, 0.1) is 10.1 Å². The quantitative estimate of drug-likeness (QED) is 0.518. The van der Waals surface area contributed by atoms with Crippen molar-refractivity contribution in [1.82, 2.24) is 4.90 Å². The van der Waals surface area contributed by atoms with Crippen molar-refractivity contribution in [3.05, 3.63) is 57.1 Å². The van der Waals surface area contributed by atoms with E-state index >= 15 is 0 Å². The summed E-state index contributed by atoms with van der Waals surface area (Å²) < 4.78 is 16.0. The van der Waals surface area contributed by atoms with E-state index in [9.17, 15) is 20.0 Å². The highest BCUT2D eigenvalue weighted by molar-refractivity contribution is 6.39. The number of aliphatic hydroxyl groups is 1. The minimum atomic E-state index is -0.605. The van der Waals surface area contributed by atoms with Gasteiger partial charge >= 0.3 is 0 Å². The van der Waals surface area contributed by atoms with Gasteiger partial charge in [-0.15, -0.1) is 0 Å². The Morgan fingerprint density at radius 2 is 1.67 bits per heavy atom. The molecule has 30 heavy (non-hydrogen) atoms. The summed E-state index contributed by atoms with van der Waals surface area (Å²) in [5.41, 5.74) is -0.0588. The average Bonchev–Trinajstić information content (AvgIpc) is 2.96. The Balaban J connectivity index is 2.05. The Morgan fingerprint density at radius 1 is 1.03 bits per heavy atom. The van der Waals surface area contributed by atoms with Crippen LogP contribution in [0.5, 0.6) is 17.2 Å². The van der Waals surface area contributed by atoms with E-state index in [1.54, 1.807) is 0 Å². The molecule has 0 aliphatic heterocycles. The lowest BCUT2D eigenvalue weighted by atomic mass is 10.00. The van der Waals surface area contributed by atoms with Crippen LogP contribution in [0.4, 0.5) is 5.69 Å². The molecule has 1 N–H and O–H groups in total. The van der Waals surface area contributed by atoms with E-state index in [1.165, 1.54) is 44.6 Å². The smallest absolute Gasteiger partial charge is 0.281 e. The van der Waals surface area contributed by atoms with Crippen molar-refractivity contribution < 1.29 is 29.0 Å². The van der Waals surface area contributed by atoms with Crippen LogP contribution < -0.4 is 14.2 Å². The number of nitro groups is 1. The van der Waals surface area contributed by atoms with Gasteiger partial charge in [0.25, 0.3) is 5.69 Å². The van der Waals surface area contributed by atoms with Gasteiger partial charge in [-0.05, 0) is 38.4 Å². The number of carbonyl (C=O) groups excluding carboxylic acids is 1. The number of allylic oxidation sites excluding steroid dienone is 1. The highest BCUT2D eigenvalue weighted by Gasteiger charge is 2.36. The number of benzene rings is 2. The topological polar surface area (TPSA) is 111 Å². The summed E-state index contributed by atoms with van der Waals surface area (Å²) in [4.78, 5) is 26.0. The fourth-order valence-corrected chi connectivity index (χ4v) is 3.20. The standard InChI is InChI=1S/C21H22N2O7/c1-22(2)7-8-30-12-5-6-13(16(9-12)23(26)27)19-20(24)14-10-17(28-3)18(29-4)11-15(14)21(19)25/h5-6,9-11,24H,7-8H2,1-4H3. The van der Waals surface area contributed by atoms with Crippen molar-refractivity contribution in [1.29, 1.82) is 0 Å². The fraction of sp³-hybridized carbons (Fsp3) is 0.286. The van der Waals surface area contributed by atoms with Crippen LogP contribution in [0.15, 0.2) is 30.3 Å². The number of Topliss-reactive ketones (excluding diaryl/α,β-unsaturated/α-hetero) is 1. The minimum Gasteiger partial charge on any atom is -0.506 e. The van der Waals surface area contributed by atoms with Crippen LogP contribution >= 0.6 is 0 Å². The van der Waals surface area contributed by atoms with E-state index in [-0.39, 0.29) is 33.7 Å². The highest BCUT2D eigenvalue weighted by atomic mass is 16.6. The van der Waals surface area contributed by atoms with Gasteiger partial charge in [0, 0.05) is 17.7 Å². The number of nitrogens with zero attached hydrogens (tertiary/aromatic N) is 2. The van der Waals surface area contributed by atoms with E-state index in [0.717, 1.165) is 0 Å². The number of aliphatic hydroxyl groups excluding tert-OH is 1. The first-order valence-corrected chi connectivity index (χ1v) is 9.09. The first-order chi connectivity index (χ1) is 14.3. The Hall–Kier alpha value is -3.59. The Kier molecular flexibility index (Phi) is 5.93. The summed E-state index contributed by atoms with van der Waals surface area (Å²) in [6, 6.07) is 7.12. The number of carbonyl (C=O) groups is 1. The maximum absolute atomic E-state index is 13.0. The van der Waals surface area contributed by atoms with Crippen molar-refractivity contribution in [2.45, 2.75) is 0 Å². The largest absolute Gasteiger partial charge is 0.506 e. The van der Waals surface area contributed by atoms with Crippen LogP contribution in [-0.4, -0.2) is 62.2 Å². The molecule has 0 saturated heterocycles. The number of fused-ring (bicyclic) bond motifs is 1. The maximum Gasteiger partial charge on any atom is 0.281 e. The maximum atomic E-state index is 13.0. The normalized spacial score (nSPS) is 12.9. The van der Waals surface area contributed by atoms with Gasteiger partial charge in [0.15, 0.2) is 17.3 Å². The zero-order valence-electron chi connectivity index (χ0n) is 17.1. The van der Waals surface area contributed by atoms with Crippen LogP contribution in [0.25, 0.3) is 11.3 Å². The molecule has 0 amide bonds. The number of rotatable bonds is 8. The number of ketones is 1. The third-order valence-electron chi connectivity index (χ3n) is 4.73. The monoisotopic (exact) mass is 414 g/mol. The molecule has 0 saturated carbocycles. The molecule has 9 nitrogen and oxygen atoms in total. The number of hydrogen-bond donors (Lipinski definition) is 1. The molecule has 0 heterocycles. The Morgan fingerprint density at radius 3 is 2.23 bits per heavy atom. The zero-order chi connectivity index (χ0) is 22.0. The van der Waals surface area contributed by atoms with Crippen molar-refractivity contribution in [2.75, 3.05) is 41.5 Å². The van der Waals surface area contributed by atoms with Gasteiger partial charge in [0.1, 0.15) is 18.1 Å². The molecule has 0 bridgehead atoms. The van der Waals surface area contributed by atoms with Crippen LogP contribution in [0.2, 0.25) is 0 Å². The minimum absolute atomic E-state index is 0.0107. The highest BCUT2D eigenvalue weighted by Crippen LogP contribution is 2.44. The molecule has 0 fully saturated rings. The molecule has 0 radical (unpaired) electrons. The lowest BCUT2D eigenvalue weighted by Gasteiger charge is -2.12. The molecule has 2 aromatic carbocycles. The fourth-order valence-electron chi connectivity index (χ4n) is 3.20. The Bertz CT molecular complexity index is 1040.